The molecule has 0 amide bonds. The first kappa shape index (κ1) is 20.9. The van der Waals surface area contributed by atoms with Crippen molar-refractivity contribution in [2.24, 2.45) is 0 Å². The molecule has 0 N–H and O–H groups in total. The first-order valence-corrected chi connectivity index (χ1v) is 10.7. The van der Waals surface area contributed by atoms with Crippen LogP contribution in [-0.4, -0.2) is 22.3 Å². The molecule has 0 bridgehead atoms. The lowest BCUT2D eigenvalue weighted by Crippen LogP contribution is -2.34. The maximum absolute atomic E-state index is 13.2. The van der Waals surface area contributed by atoms with Crippen LogP contribution in [0.4, 0.5) is 5.69 Å². The number of benzene rings is 3. The van der Waals surface area contributed by atoms with Crippen LogP contribution < -0.4 is 9.47 Å². The molecule has 166 valence electrons. The Hall–Kier alpha value is -3.97. The Bertz CT molecular complexity index is 1280. The summed E-state index contributed by atoms with van der Waals surface area (Å²) < 4.78 is 12.1. The van der Waals surface area contributed by atoms with Crippen molar-refractivity contribution in [3.8, 4) is 11.5 Å². The molecule has 0 radical (unpaired) electrons. The molecule has 7 heteroatoms. The number of allylic oxidation sites excluding steroid dienone is 1. The van der Waals surface area contributed by atoms with E-state index in [4.69, 9.17) is 9.47 Å². The summed E-state index contributed by atoms with van der Waals surface area (Å²) in [5, 5.41) is 10.9. The fourth-order valence-electron chi connectivity index (χ4n) is 4.28. The maximum atomic E-state index is 13.2. The highest BCUT2D eigenvalue weighted by Crippen LogP contribution is 2.45. The van der Waals surface area contributed by atoms with Gasteiger partial charge in [-0.25, -0.2) is 0 Å². The van der Waals surface area contributed by atoms with Crippen molar-refractivity contribution in [3.63, 3.8) is 0 Å². The van der Waals surface area contributed by atoms with Crippen molar-refractivity contribution >= 4 is 17.5 Å². The molecular weight excluding hydrogens is 420 g/mol. The number of nitro groups is 1. The third-order valence-corrected chi connectivity index (χ3v) is 6.18. The predicted molar refractivity (Wildman–Crippen MR) is 123 cm³/mol. The van der Waals surface area contributed by atoms with E-state index in [1.807, 2.05) is 31.2 Å². The van der Waals surface area contributed by atoms with Gasteiger partial charge in [0.2, 0.25) is 5.78 Å². The molecule has 0 fully saturated rings. The second kappa shape index (κ2) is 8.18. The topological polar surface area (TPSA) is 81.9 Å². The quantitative estimate of drug-likeness (QED) is 0.304. The number of non-ortho nitro benzene ring substituents is 1. The highest BCUT2D eigenvalue weighted by molar-refractivity contribution is 6.15. The fraction of sp³-hybridized carbons (Fsp3) is 0.192. The second-order valence-corrected chi connectivity index (χ2v) is 8.27. The van der Waals surface area contributed by atoms with Gasteiger partial charge in [-0.2, -0.15) is 0 Å². The largest absolute Gasteiger partial charge is 0.478 e. The standard InChI is InChI=1S/C26H22N2O5/c1-16-12-22-21(14-27(15-32-22)17(2)19-6-4-3-5-7-19)26-24(16)25(29)23(33-26)13-18-8-10-20(11-9-18)28(30)31/h3-13,17H,14-15H2,1-2H3/b23-13-. The summed E-state index contributed by atoms with van der Waals surface area (Å²) in [6, 6.07) is 18.2. The average molecular weight is 442 g/mol. The zero-order chi connectivity index (χ0) is 23.1. The normalized spacial score (nSPS) is 17.2. The van der Waals surface area contributed by atoms with Crippen LogP contribution in [0.25, 0.3) is 6.08 Å². The number of carbonyl (C=O) groups is 1. The van der Waals surface area contributed by atoms with Gasteiger partial charge < -0.3 is 9.47 Å². The van der Waals surface area contributed by atoms with Crippen LogP contribution in [-0.2, 0) is 6.54 Å². The van der Waals surface area contributed by atoms with Gasteiger partial charge >= 0.3 is 0 Å². The molecule has 0 saturated carbocycles. The Morgan fingerprint density at radius 2 is 1.85 bits per heavy atom. The number of hydrogen-bond donors (Lipinski definition) is 0. The lowest BCUT2D eigenvalue weighted by molar-refractivity contribution is -0.384. The lowest BCUT2D eigenvalue weighted by atomic mass is 9.98. The van der Waals surface area contributed by atoms with Gasteiger partial charge in [0.25, 0.3) is 5.69 Å². The van der Waals surface area contributed by atoms with Crippen molar-refractivity contribution in [3.05, 3.63) is 104 Å². The van der Waals surface area contributed by atoms with E-state index < -0.39 is 4.92 Å². The van der Waals surface area contributed by atoms with E-state index in [2.05, 4.69) is 24.0 Å². The molecule has 3 aromatic carbocycles. The minimum atomic E-state index is -0.457. The molecule has 1 unspecified atom stereocenters. The highest BCUT2D eigenvalue weighted by Gasteiger charge is 2.36. The van der Waals surface area contributed by atoms with Gasteiger partial charge in [0.15, 0.2) is 5.76 Å². The van der Waals surface area contributed by atoms with E-state index in [1.165, 1.54) is 17.7 Å². The minimum Gasteiger partial charge on any atom is -0.478 e. The number of rotatable bonds is 4. The van der Waals surface area contributed by atoms with Gasteiger partial charge in [-0.05, 0) is 54.8 Å². The summed E-state index contributed by atoms with van der Waals surface area (Å²) in [7, 11) is 0. The molecule has 1 atom stereocenters. The van der Waals surface area contributed by atoms with Crippen LogP contribution in [0.15, 0.2) is 66.4 Å². The first-order chi connectivity index (χ1) is 15.9. The zero-order valence-corrected chi connectivity index (χ0v) is 18.3. The zero-order valence-electron chi connectivity index (χ0n) is 18.3. The highest BCUT2D eigenvalue weighted by atomic mass is 16.6. The fourth-order valence-corrected chi connectivity index (χ4v) is 4.28. The Morgan fingerprint density at radius 1 is 1.12 bits per heavy atom. The number of carbonyl (C=O) groups excluding carboxylic acids is 1. The van der Waals surface area contributed by atoms with Crippen LogP contribution >= 0.6 is 0 Å². The molecule has 33 heavy (non-hydrogen) atoms. The molecule has 2 heterocycles. The minimum absolute atomic E-state index is 0.00575. The molecule has 2 aliphatic rings. The van der Waals surface area contributed by atoms with Gasteiger partial charge in [-0.3, -0.25) is 19.8 Å². The van der Waals surface area contributed by atoms with Crippen LogP contribution in [0.1, 0.15) is 45.6 Å². The molecule has 5 rings (SSSR count). The van der Waals surface area contributed by atoms with Crippen LogP contribution in [0.3, 0.4) is 0 Å². The van der Waals surface area contributed by atoms with Gasteiger partial charge in [0, 0.05) is 24.7 Å². The summed E-state index contributed by atoms with van der Waals surface area (Å²) in [5.41, 5.74) is 4.02. The third kappa shape index (κ3) is 3.76. The Kier molecular flexibility index (Phi) is 5.18. The molecular formula is C26H22N2O5. The molecule has 7 nitrogen and oxygen atoms in total. The van der Waals surface area contributed by atoms with Crippen molar-refractivity contribution in [1.29, 1.82) is 0 Å². The van der Waals surface area contributed by atoms with Gasteiger partial charge in [-0.1, -0.05) is 30.3 Å². The second-order valence-electron chi connectivity index (χ2n) is 8.27. The number of fused-ring (bicyclic) bond motifs is 3. The Morgan fingerprint density at radius 3 is 2.55 bits per heavy atom. The number of ether oxygens (including phenoxy) is 2. The van der Waals surface area contributed by atoms with Crippen molar-refractivity contribution < 1.29 is 19.2 Å². The number of hydrogen-bond acceptors (Lipinski definition) is 6. The molecule has 3 aromatic rings. The number of aryl methyl sites for hydroxylation is 1. The Labute approximate surface area is 191 Å². The lowest BCUT2D eigenvalue weighted by Gasteiger charge is -2.34. The number of nitrogens with zero attached hydrogens (tertiary/aromatic N) is 2. The van der Waals surface area contributed by atoms with Gasteiger partial charge in [-0.15, -0.1) is 0 Å². The Balaban J connectivity index is 1.47. The molecule has 2 aliphatic heterocycles. The van der Waals surface area contributed by atoms with Crippen molar-refractivity contribution in [2.45, 2.75) is 26.4 Å². The predicted octanol–water partition coefficient (Wildman–Crippen LogP) is 5.43. The van der Waals surface area contributed by atoms with E-state index >= 15 is 0 Å². The maximum Gasteiger partial charge on any atom is 0.269 e. The van der Waals surface area contributed by atoms with E-state index in [9.17, 15) is 14.9 Å². The SMILES string of the molecule is Cc1cc2c(c3c1C(=O)/C(=C/c1ccc([N+](=O)[O-])cc1)O3)CN(C(C)c1ccccc1)CO2. The van der Waals surface area contributed by atoms with Gasteiger partial charge in [0.1, 0.15) is 18.2 Å². The van der Waals surface area contributed by atoms with Crippen molar-refractivity contribution in [2.75, 3.05) is 6.73 Å². The van der Waals surface area contributed by atoms with Crippen molar-refractivity contribution in [1.82, 2.24) is 4.90 Å². The van der Waals surface area contributed by atoms with E-state index in [0.717, 1.165) is 16.9 Å². The summed E-state index contributed by atoms with van der Waals surface area (Å²) >= 11 is 0. The monoisotopic (exact) mass is 442 g/mol. The third-order valence-electron chi connectivity index (χ3n) is 6.18. The number of ketones is 1. The summed E-state index contributed by atoms with van der Waals surface area (Å²) in [6.45, 7) is 5.04. The summed E-state index contributed by atoms with van der Waals surface area (Å²) in [4.78, 5) is 25.8. The van der Waals surface area contributed by atoms with E-state index in [-0.39, 0.29) is 23.3 Å². The van der Waals surface area contributed by atoms with E-state index in [0.29, 0.717) is 30.2 Å². The first-order valence-electron chi connectivity index (χ1n) is 10.7. The van der Waals surface area contributed by atoms with E-state index in [1.54, 1.807) is 18.2 Å². The van der Waals surface area contributed by atoms with Crippen LogP contribution in [0.5, 0.6) is 11.5 Å². The number of nitro benzene ring substituents is 1. The summed E-state index contributed by atoms with van der Waals surface area (Å²) in [6.07, 6.45) is 1.62. The molecule has 0 aromatic heterocycles. The molecule has 0 spiro atoms. The number of Topliss-reactive ketones (excluding diaryl/α,β-unsaturated/α-hetero) is 1. The average Bonchev–Trinajstić information content (AvgIpc) is 3.16. The molecule has 0 aliphatic carbocycles. The summed E-state index contributed by atoms with van der Waals surface area (Å²) in [5.74, 6) is 1.26. The smallest absolute Gasteiger partial charge is 0.269 e. The van der Waals surface area contributed by atoms with Crippen LogP contribution in [0.2, 0.25) is 0 Å². The molecule has 0 saturated heterocycles. The van der Waals surface area contributed by atoms with Gasteiger partial charge in [0.05, 0.1) is 16.1 Å². The van der Waals surface area contributed by atoms with Crippen LogP contribution in [0, 0.1) is 17.0 Å².